The summed E-state index contributed by atoms with van der Waals surface area (Å²) in [5.74, 6) is 0.146. The van der Waals surface area contributed by atoms with Crippen LogP contribution in [0.5, 0.6) is 0 Å². The molecule has 0 spiro atoms. The molecule has 0 bridgehead atoms. The van der Waals surface area contributed by atoms with Crippen LogP contribution in [0.3, 0.4) is 0 Å². The molecule has 3 heterocycles. The zero-order chi connectivity index (χ0) is 17.4. The highest BCUT2D eigenvalue weighted by Crippen LogP contribution is 2.32. The Morgan fingerprint density at radius 1 is 1.20 bits per heavy atom. The molecule has 3 aromatic rings. The van der Waals surface area contributed by atoms with E-state index in [0.29, 0.717) is 17.2 Å². The topological polar surface area (TPSA) is 76.5 Å². The van der Waals surface area contributed by atoms with Gasteiger partial charge in [0.2, 0.25) is 0 Å². The number of fused-ring (bicyclic) bond motifs is 1. The van der Waals surface area contributed by atoms with Crippen LogP contribution in [0.15, 0.2) is 41.3 Å². The molecule has 1 amide bonds. The van der Waals surface area contributed by atoms with Crippen LogP contribution >= 0.6 is 11.8 Å². The molecule has 1 saturated heterocycles. The number of amides is 1. The highest BCUT2D eigenvalue weighted by Gasteiger charge is 2.26. The summed E-state index contributed by atoms with van der Waals surface area (Å²) in [6.07, 6.45) is 4.22. The Bertz CT molecular complexity index is 932. The van der Waals surface area contributed by atoms with E-state index in [9.17, 15) is 4.79 Å². The summed E-state index contributed by atoms with van der Waals surface area (Å²) in [5, 5.41) is 4.74. The zero-order valence-corrected chi connectivity index (χ0v) is 14.8. The first kappa shape index (κ1) is 16.0. The van der Waals surface area contributed by atoms with E-state index in [4.69, 9.17) is 10.8 Å². The Labute approximate surface area is 150 Å². The average Bonchev–Trinajstić information content (AvgIpc) is 3.28. The summed E-state index contributed by atoms with van der Waals surface area (Å²) < 4.78 is 1.60. The summed E-state index contributed by atoms with van der Waals surface area (Å²) in [6, 6.07) is 11.9. The van der Waals surface area contributed by atoms with Crippen molar-refractivity contribution >= 4 is 29.1 Å². The van der Waals surface area contributed by atoms with E-state index in [-0.39, 0.29) is 0 Å². The van der Waals surface area contributed by atoms with E-state index in [1.165, 1.54) is 0 Å². The third-order valence-electron chi connectivity index (χ3n) is 4.46. The van der Waals surface area contributed by atoms with Gasteiger partial charge in [-0.3, -0.25) is 4.79 Å². The number of anilines is 1. The fourth-order valence-electron chi connectivity index (χ4n) is 3.26. The fourth-order valence-corrected chi connectivity index (χ4v) is 3.84. The second-order valence-corrected chi connectivity index (χ2v) is 6.89. The Morgan fingerprint density at radius 2 is 1.92 bits per heavy atom. The van der Waals surface area contributed by atoms with Gasteiger partial charge in [0.1, 0.15) is 5.69 Å². The smallest absolute Gasteiger partial charge is 0.271 e. The number of aromatic nitrogens is 3. The molecule has 1 aliphatic rings. The van der Waals surface area contributed by atoms with Crippen molar-refractivity contribution in [3.05, 3.63) is 42.1 Å². The van der Waals surface area contributed by atoms with Crippen LogP contribution in [-0.2, 0) is 0 Å². The molecular weight excluding hydrogens is 334 g/mol. The van der Waals surface area contributed by atoms with Crippen molar-refractivity contribution in [2.75, 3.05) is 24.2 Å². The number of nitrogens with two attached hydrogens (primary N) is 1. The Morgan fingerprint density at radius 3 is 2.56 bits per heavy atom. The van der Waals surface area contributed by atoms with Gasteiger partial charge in [0.15, 0.2) is 17.2 Å². The molecule has 25 heavy (non-hydrogen) atoms. The number of hydrogen-bond acceptors (Lipinski definition) is 5. The third-order valence-corrected chi connectivity index (χ3v) is 5.21. The molecule has 1 aliphatic heterocycles. The van der Waals surface area contributed by atoms with Gasteiger partial charge in [0.25, 0.3) is 5.91 Å². The largest absolute Gasteiger partial charge is 0.364 e. The van der Waals surface area contributed by atoms with Crippen LogP contribution < -0.4 is 10.6 Å². The summed E-state index contributed by atoms with van der Waals surface area (Å²) in [6.45, 7) is 1.79. The van der Waals surface area contributed by atoms with Crippen molar-refractivity contribution in [2.24, 2.45) is 5.73 Å². The van der Waals surface area contributed by atoms with Gasteiger partial charge in [0.05, 0.1) is 0 Å². The van der Waals surface area contributed by atoms with Crippen molar-refractivity contribution in [1.82, 2.24) is 14.6 Å². The zero-order valence-electron chi connectivity index (χ0n) is 14.0. The van der Waals surface area contributed by atoms with Crippen LogP contribution in [0.25, 0.3) is 16.9 Å². The lowest BCUT2D eigenvalue weighted by molar-refractivity contribution is 0.0994. The number of rotatable bonds is 4. The van der Waals surface area contributed by atoms with E-state index in [0.717, 1.165) is 42.1 Å². The summed E-state index contributed by atoms with van der Waals surface area (Å²) in [5.41, 5.74) is 8.52. The molecule has 1 aromatic carbocycles. The summed E-state index contributed by atoms with van der Waals surface area (Å²) in [7, 11) is 0. The van der Waals surface area contributed by atoms with Crippen LogP contribution in [0, 0.1) is 0 Å². The number of imidazole rings is 1. The molecule has 2 N–H and O–H groups in total. The first-order chi connectivity index (χ1) is 12.2. The van der Waals surface area contributed by atoms with E-state index >= 15 is 0 Å². The minimum absolute atomic E-state index is 0.363. The van der Waals surface area contributed by atoms with Crippen LogP contribution in [0.2, 0.25) is 0 Å². The Kier molecular flexibility index (Phi) is 4.09. The molecule has 0 radical (unpaired) electrons. The van der Waals surface area contributed by atoms with Gasteiger partial charge in [-0.1, -0.05) is 30.3 Å². The molecular formula is C18H19N5OS. The lowest BCUT2D eigenvalue weighted by atomic mass is 10.1. The molecule has 6 nitrogen and oxygen atoms in total. The van der Waals surface area contributed by atoms with Crippen molar-refractivity contribution in [3.63, 3.8) is 0 Å². The van der Waals surface area contributed by atoms with Crippen molar-refractivity contribution < 1.29 is 4.79 Å². The number of hydrogen-bond donors (Lipinski definition) is 1. The number of benzene rings is 1. The molecule has 7 heteroatoms. The third kappa shape index (κ3) is 2.74. The first-order valence-corrected chi connectivity index (χ1v) is 9.49. The maximum atomic E-state index is 12.1. The fraction of sp³-hybridized carbons (Fsp3) is 0.278. The predicted octanol–water partition coefficient (Wildman–Crippen LogP) is 2.82. The predicted molar refractivity (Wildman–Crippen MR) is 100 cm³/mol. The number of carbonyl (C=O) groups is 1. The number of thioether (sulfide) groups is 1. The standard InChI is InChI=1S/C18H19N5OS/c1-25-13-11-14-20-18(22-9-5-6-10-22)16(17(19)24)23(14)21-15(13)12-7-3-2-4-8-12/h2-4,7-8,11H,5-6,9-10H2,1H3,(H2,19,24). The number of carbonyl (C=O) groups excluding carboxylic acids is 1. The Balaban J connectivity index is 1.96. The second kappa shape index (κ2) is 6.40. The highest BCUT2D eigenvalue weighted by atomic mass is 32.2. The normalized spacial score (nSPS) is 14.4. The molecule has 0 unspecified atom stereocenters. The molecule has 0 aliphatic carbocycles. The van der Waals surface area contributed by atoms with Gasteiger partial charge in [-0.15, -0.1) is 11.8 Å². The SMILES string of the molecule is CSc1cc2nc(N3CCCC3)c(C(N)=O)n2nc1-c1ccccc1. The molecule has 0 saturated carbocycles. The van der Waals surface area contributed by atoms with Gasteiger partial charge >= 0.3 is 0 Å². The monoisotopic (exact) mass is 353 g/mol. The maximum absolute atomic E-state index is 12.1. The minimum Gasteiger partial charge on any atom is -0.364 e. The average molecular weight is 353 g/mol. The molecule has 0 atom stereocenters. The molecule has 4 rings (SSSR count). The van der Waals surface area contributed by atoms with E-state index in [2.05, 4.69) is 9.88 Å². The van der Waals surface area contributed by atoms with Crippen LogP contribution in [-0.4, -0.2) is 39.9 Å². The van der Waals surface area contributed by atoms with Crippen molar-refractivity contribution in [3.8, 4) is 11.3 Å². The summed E-state index contributed by atoms with van der Waals surface area (Å²) in [4.78, 5) is 20.0. The van der Waals surface area contributed by atoms with Gasteiger partial charge in [-0.05, 0) is 25.2 Å². The maximum Gasteiger partial charge on any atom is 0.271 e. The lowest BCUT2D eigenvalue weighted by Crippen LogP contribution is -2.24. The lowest BCUT2D eigenvalue weighted by Gasteiger charge is -2.14. The quantitative estimate of drug-likeness (QED) is 0.730. The van der Waals surface area contributed by atoms with Crippen LogP contribution in [0.1, 0.15) is 23.3 Å². The van der Waals surface area contributed by atoms with Crippen molar-refractivity contribution in [2.45, 2.75) is 17.7 Å². The van der Waals surface area contributed by atoms with Crippen LogP contribution in [0.4, 0.5) is 5.82 Å². The van der Waals surface area contributed by atoms with E-state index in [1.807, 2.05) is 42.7 Å². The van der Waals surface area contributed by atoms with Gasteiger partial charge < -0.3 is 10.6 Å². The summed E-state index contributed by atoms with van der Waals surface area (Å²) >= 11 is 1.62. The first-order valence-electron chi connectivity index (χ1n) is 8.27. The minimum atomic E-state index is -0.502. The second-order valence-electron chi connectivity index (χ2n) is 6.04. The van der Waals surface area contributed by atoms with Crippen molar-refractivity contribution in [1.29, 1.82) is 0 Å². The van der Waals surface area contributed by atoms with Gasteiger partial charge in [0, 0.05) is 23.5 Å². The van der Waals surface area contributed by atoms with E-state index in [1.54, 1.807) is 16.3 Å². The number of primary amides is 1. The molecule has 2 aromatic heterocycles. The molecule has 128 valence electrons. The molecule has 1 fully saturated rings. The van der Waals surface area contributed by atoms with E-state index < -0.39 is 5.91 Å². The van der Waals surface area contributed by atoms with Gasteiger partial charge in [-0.25, -0.2) is 9.50 Å². The highest BCUT2D eigenvalue weighted by molar-refractivity contribution is 7.98. The number of nitrogens with zero attached hydrogens (tertiary/aromatic N) is 4. The van der Waals surface area contributed by atoms with Gasteiger partial charge in [-0.2, -0.15) is 5.10 Å². The Hall–Kier alpha value is -2.54.